The molecule has 8 nitrogen and oxygen atoms in total. The molecule has 3 unspecified atom stereocenters. The number of amides is 2. The molecule has 1 saturated heterocycles. The molecule has 1 aliphatic rings. The van der Waals surface area contributed by atoms with E-state index in [1.165, 1.54) is 11.9 Å². The maximum Gasteiger partial charge on any atom is 0.219 e. The number of benzene rings is 2. The van der Waals surface area contributed by atoms with Crippen LogP contribution in [0.25, 0.3) is 0 Å². The van der Waals surface area contributed by atoms with Crippen molar-refractivity contribution in [3.63, 3.8) is 0 Å². The number of morpholine rings is 1. The van der Waals surface area contributed by atoms with E-state index in [1.54, 1.807) is 6.07 Å². The second-order valence-electron chi connectivity index (χ2n) is 9.99. The van der Waals surface area contributed by atoms with Gasteiger partial charge in [0.25, 0.3) is 0 Å². The zero-order chi connectivity index (χ0) is 27.7. The molecule has 0 spiro atoms. The zero-order valence-corrected chi connectivity index (χ0v) is 22.7. The Labute approximate surface area is 224 Å². The Balaban J connectivity index is 1.72. The number of aldehydes is 1. The van der Waals surface area contributed by atoms with E-state index in [0.717, 1.165) is 29.9 Å². The minimum Gasteiger partial charge on any atom is -0.381 e. The van der Waals surface area contributed by atoms with Gasteiger partial charge < -0.3 is 25.1 Å². The maximum absolute atomic E-state index is 15.5. The molecule has 0 radical (unpaired) electrons. The number of aryl methyl sites for hydroxylation is 1. The van der Waals surface area contributed by atoms with Crippen LogP contribution in [-0.2, 0) is 38.8 Å². The summed E-state index contributed by atoms with van der Waals surface area (Å²) in [4.78, 5) is 38.9. The lowest BCUT2D eigenvalue weighted by Crippen LogP contribution is -2.44. The van der Waals surface area contributed by atoms with Crippen LogP contribution in [-0.4, -0.2) is 66.8 Å². The van der Waals surface area contributed by atoms with Crippen LogP contribution in [0.2, 0.25) is 0 Å². The molecule has 2 amide bonds. The molecule has 3 rings (SSSR count). The maximum atomic E-state index is 15.5. The monoisotopic (exact) mass is 526 g/mol. The summed E-state index contributed by atoms with van der Waals surface area (Å²) in [5, 5.41) is 5.86. The predicted octanol–water partition coefficient (Wildman–Crippen LogP) is 3.41. The Morgan fingerprint density at radius 1 is 1.16 bits per heavy atom. The lowest BCUT2D eigenvalue weighted by Gasteiger charge is -2.35. The van der Waals surface area contributed by atoms with E-state index >= 15 is 4.39 Å². The molecule has 9 heteroatoms. The molecule has 1 aliphatic heterocycles. The van der Waals surface area contributed by atoms with Gasteiger partial charge in [-0.3, -0.25) is 14.5 Å². The number of hydrogen-bond acceptors (Lipinski definition) is 6. The summed E-state index contributed by atoms with van der Waals surface area (Å²) in [6.07, 6.45) is 1.92. The number of nitrogens with zero attached hydrogens (tertiary/aromatic N) is 2. The van der Waals surface area contributed by atoms with Gasteiger partial charge in [0.05, 0.1) is 18.2 Å². The number of rotatable bonds is 13. The third kappa shape index (κ3) is 7.85. The van der Waals surface area contributed by atoms with E-state index in [4.69, 9.17) is 4.74 Å². The summed E-state index contributed by atoms with van der Waals surface area (Å²) in [7, 11) is 1.53. The van der Waals surface area contributed by atoms with Crippen molar-refractivity contribution in [2.75, 3.05) is 25.5 Å². The normalized spacial score (nSPS) is 18.4. The zero-order valence-electron chi connectivity index (χ0n) is 22.7. The largest absolute Gasteiger partial charge is 0.381 e. The van der Waals surface area contributed by atoms with E-state index in [1.807, 2.05) is 51.1 Å². The fraction of sp³-hybridized carbons (Fsp3) is 0.483. The summed E-state index contributed by atoms with van der Waals surface area (Å²) >= 11 is 0. The number of hydrogen-bond donors (Lipinski definition) is 2. The Hall–Kier alpha value is -3.30. The van der Waals surface area contributed by atoms with Gasteiger partial charge in [-0.05, 0) is 44.4 Å². The number of ether oxygens (including phenoxy) is 1. The van der Waals surface area contributed by atoms with E-state index in [0.29, 0.717) is 30.4 Å². The van der Waals surface area contributed by atoms with E-state index in [2.05, 4.69) is 15.5 Å². The minimum absolute atomic E-state index is 0.111. The third-order valence-electron chi connectivity index (χ3n) is 6.93. The van der Waals surface area contributed by atoms with Crippen LogP contribution in [0.15, 0.2) is 36.4 Å². The second-order valence-corrected chi connectivity index (χ2v) is 9.99. The van der Waals surface area contributed by atoms with E-state index in [-0.39, 0.29) is 49.9 Å². The first kappa shape index (κ1) is 29.3. The fourth-order valence-corrected chi connectivity index (χ4v) is 4.95. The van der Waals surface area contributed by atoms with Gasteiger partial charge in [0.1, 0.15) is 12.1 Å². The van der Waals surface area contributed by atoms with Crippen molar-refractivity contribution < 1.29 is 23.5 Å². The van der Waals surface area contributed by atoms with Gasteiger partial charge in [-0.1, -0.05) is 30.3 Å². The molecule has 0 aromatic heterocycles. The van der Waals surface area contributed by atoms with E-state index < -0.39 is 6.04 Å². The van der Waals surface area contributed by atoms with Crippen LogP contribution in [0.3, 0.4) is 0 Å². The van der Waals surface area contributed by atoms with Gasteiger partial charge in [0.15, 0.2) is 0 Å². The first-order valence-electron chi connectivity index (χ1n) is 13.1. The number of anilines is 1. The quantitative estimate of drug-likeness (QED) is 0.389. The van der Waals surface area contributed by atoms with Gasteiger partial charge in [-0.2, -0.15) is 0 Å². The lowest BCUT2D eigenvalue weighted by atomic mass is 10.0. The Morgan fingerprint density at radius 2 is 1.84 bits per heavy atom. The molecule has 2 aromatic rings. The molecule has 0 aliphatic carbocycles. The summed E-state index contributed by atoms with van der Waals surface area (Å²) in [5.41, 5.74) is 3.72. The van der Waals surface area contributed by atoms with Gasteiger partial charge in [0.2, 0.25) is 12.3 Å². The first-order valence-corrected chi connectivity index (χ1v) is 13.1. The van der Waals surface area contributed by atoms with Crippen LogP contribution in [0.5, 0.6) is 0 Å². The van der Waals surface area contributed by atoms with Crippen molar-refractivity contribution in [1.29, 1.82) is 0 Å². The molecule has 3 atom stereocenters. The lowest BCUT2D eigenvalue weighted by molar-refractivity contribution is -0.127. The molecule has 1 fully saturated rings. The average molecular weight is 527 g/mol. The van der Waals surface area contributed by atoms with Gasteiger partial charge in [0, 0.05) is 63.0 Å². The Morgan fingerprint density at radius 3 is 2.50 bits per heavy atom. The standard InChI is InChI=1S/C29H39FN4O4/c1-20-7-5-10-27(26(20)17-34(19-36)25(18-35)11-12-28(37)31-4)32-13-23-8-6-9-24(29(23)30)16-33-14-21(2)38-22(3)15-33/h5-10,18-19,21-22,25,32H,11-17H2,1-4H3,(H,31,37). The van der Waals surface area contributed by atoms with Gasteiger partial charge in [-0.15, -0.1) is 0 Å². The Bertz CT molecular complexity index is 1100. The number of nitrogens with one attached hydrogen (secondary N) is 2. The summed E-state index contributed by atoms with van der Waals surface area (Å²) in [6, 6.07) is 10.4. The molecule has 2 aromatic carbocycles. The smallest absolute Gasteiger partial charge is 0.219 e. The minimum atomic E-state index is -0.725. The molecular formula is C29H39FN4O4. The highest BCUT2D eigenvalue weighted by Gasteiger charge is 2.24. The molecule has 2 N–H and O–H groups in total. The second kappa shape index (κ2) is 14.0. The van der Waals surface area contributed by atoms with Crippen LogP contribution in [0.4, 0.5) is 10.1 Å². The SMILES string of the molecule is CNC(=O)CCC(C=O)N(C=O)Cc1c(C)cccc1NCc1cccc(CN2CC(C)OC(C)C2)c1F. The van der Waals surface area contributed by atoms with E-state index in [9.17, 15) is 14.4 Å². The van der Waals surface area contributed by atoms with Crippen molar-refractivity contribution in [1.82, 2.24) is 15.1 Å². The Kier molecular flexibility index (Phi) is 10.8. The highest BCUT2D eigenvalue weighted by atomic mass is 19.1. The first-order chi connectivity index (χ1) is 18.2. The van der Waals surface area contributed by atoms with Crippen molar-refractivity contribution in [2.45, 2.75) is 71.5 Å². The van der Waals surface area contributed by atoms with Gasteiger partial charge >= 0.3 is 0 Å². The van der Waals surface area contributed by atoms with Crippen molar-refractivity contribution in [3.8, 4) is 0 Å². The molecule has 206 valence electrons. The van der Waals surface area contributed by atoms with Crippen LogP contribution >= 0.6 is 0 Å². The number of carbonyl (C=O) groups excluding carboxylic acids is 3. The van der Waals surface area contributed by atoms with Crippen molar-refractivity contribution in [3.05, 3.63) is 64.5 Å². The highest BCUT2D eigenvalue weighted by molar-refractivity contribution is 5.76. The van der Waals surface area contributed by atoms with Crippen LogP contribution in [0, 0.1) is 12.7 Å². The number of carbonyl (C=O) groups is 3. The molecule has 0 bridgehead atoms. The molecule has 1 heterocycles. The fourth-order valence-electron chi connectivity index (χ4n) is 4.95. The molecule has 0 saturated carbocycles. The molecular weight excluding hydrogens is 487 g/mol. The van der Waals surface area contributed by atoms with Gasteiger partial charge in [-0.25, -0.2) is 4.39 Å². The average Bonchev–Trinajstić information content (AvgIpc) is 2.89. The highest BCUT2D eigenvalue weighted by Crippen LogP contribution is 2.25. The summed E-state index contributed by atoms with van der Waals surface area (Å²) < 4.78 is 21.3. The topological polar surface area (TPSA) is 91.0 Å². The predicted molar refractivity (Wildman–Crippen MR) is 145 cm³/mol. The van der Waals surface area contributed by atoms with Crippen LogP contribution < -0.4 is 10.6 Å². The molecule has 38 heavy (non-hydrogen) atoms. The summed E-state index contributed by atoms with van der Waals surface area (Å²) in [6.45, 7) is 8.48. The van der Waals surface area contributed by atoms with Crippen LogP contribution in [0.1, 0.15) is 48.9 Å². The summed E-state index contributed by atoms with van der Waals surface area (Å²) in [5.74, 6) is -0.423. The van der Waals surface area contributed by atoms with Crippen molar-refractivity contribution >= 4 is 24.3 Å². The third-order valence-corrected chi connectivity index (χ3v) is 6.93. The number of halogens is 1. The van der Waals surface area contributed by atoms with Crippen molar-refractivity contribution in [2.24, 2.45) is 0 Å².